The minimum atomic E-state index is -0.182. The van der Waals surface area contributed by atoms with E-state index in [1.165, 1.54) is 11.3 Å². The molecule has 0 unspecified atom stereocenters. The van der Waals surface area contributed by atoms with Gasteiger partial charge in [-0.1, -0.05) is 30.3 Å². The second-order valence-electron chi connectivity index (χ2n) is 7.44. The van der Waals surface area contributed by atoms with Gasteiger partial charge in [-0.15, -0.1) is 11.3 Å². The van der Waals surface area contributed by atoms with Crippen LogP contribution in [-0.2, 0) is 11.2 Å². The van der Waals surface area contributed by atoms with Gasteiger partial charge in [0.1, 0.15) is 27.7 Å². The lowest BCUT2D eigenvalue weighted by Gasteiger charge is -2.10. The summed E-state index contributed by atoms with van der Waals surface area (Å²) in [5, 5.41) is 7.61. The van der Waals surface area contributed by atoms with Crippen molar-refractivity contribution in [2.45, 2.75) is 13.3 Å². The number of furan rings is 1. The molecule has 5 rings (SSSR count). The van der Waals surface area contributed by atoms with E-state index < -0.39 is 0 Å². The molecule has 0 bridgehead atoms. The van der Waals surface area contributed by atoms with E-state index in [2.05, 4.69) is 10.3 Å². The third kappa shape index (κ3) is 4.15. The van der Waals surface area contributed by atoms with E-state index >= 15 is 0 Å². The highest BCUT2D eigenvalue weighted by molar-refractivity contribution is 7.13. The van der Waals surface area contributed by atoms with Crippen LogP contribution in [0.5, 0.6) is 11.5 Å². The molecule has 1 N–H and O–H groups in total. The Morgan fingerprint density at radius 1 is 1.03 bits per heavy atom. The predicted octanol–water partition coefficient (Wildman–Crippen LogP) is 6.30. The average molecular weight is 459 g/mol. The van der Waals surface area contributed by atoms with E-state index in [1.54, 1.807) is 13.2 Å². The fourth-order valence-corrected chi connectivity index (χ4v) is 4.66. The van der Waals surface area contributed by atoms with Crippen LogP contribution in [0, 0.1) is 0 Å². The van der Waals surface area contributed by atoms with Gasteiger partial charge in [0.15, 0.2) is 0 Å². The molecule has 33 heavy (non-hydrogen) atoms. The third-order valence-electron chi connectivity index (χ3n) is 5.28. The van der Waals surface area contributed by atoms with E-state index in [-0.39, 0.29) is 12.3 Å². The second-order valence-corrected chi connectivity index (χ2v) is 8.30. The van der Waals surface area contributed by atoms with Crippen molar-refractivity contribution in [1.29, 1.82) is 0 Å². The molecule has 7 heteroatoms. The van der Waals surface area contributed by atoms with Crippen LogP contribution in [0.4, 0.5) is 5.69 Å². The number of nitrogens with one attached hydrogen (secondary N) is 1. The Bertz CT molecular complexity index is 1450. The molecule has 5 aromatic rings. The Morgan fingerprint density at radius 2 is 1.85 bits per heavy atom. The van der Waals surface area contributed by atoms with Gasteiger partial charge in [-0.25, -0.2) is 4.98 Å². The van der Waals surface area contributed by atoms with Crippen LogP contribution in [0.2, 0.25) is 0 Å². The van der Waals surface area contributed by atoms with Gasteiger partial charge < -0.3 is 19.2 Å². The molecule has 1 amide bonds. The summed E-state index contributed by atoms with van der Waals surface area (Å²) in [6.45, 7) is 2.53. The first-order chi connectivity index (χ1) is 16.2. The van der Waals surface area contributed by atoms with Gasteiger partial charge in [0.2, 0.25) is 5.91 Å². The van der Waals surface area contributed by atoms with Crippen molar-refractivity contribution in [2.75, 3.05) is 19.0 Å². The molecule has 2 aromatic heterocycles. The standard InChI is InChI=1S/C26H22N2O4S/c1-3-31-21-10-6-5-9-18(21)26-27-16(15-33-26)12-25(29)28-20-14-23-19(13-24(20)30-2)17-8-4-7-11-22(17)32-23/h4-11,13-15H,3,12H2,1-2H3,(H,28,29). The first-order valence-electron chi connectivity index (χ1n) is 10.6. The number of hydrogen-bond acceptors (Lipinski definition) is 6. The van der Waals surface area contributed by atoms with E-state index in [0.717, 1.165) is 32.7 Å². The molecule has 3 aromatic carbocycles. The van der Waals surface area contributed by atoms with Crippen LogP contribution in [0.15, 0.2) is 70.5 Å². The van der Waals surface area contributed by atoms with E-state index in [0.29, 0.717) is 29.3 Å². The number of carbonyl (C=O) groups is 1. The number of fused-ring (bicyclic) bond motifs is 3. The Labute approximate surface area is 194 Å². The van der Waals surface area contributed by atoms with Gasteiger partial charge in [0.25, 0.3) is 0 Å². The molecule has 0 atom stereocenters. The molecule has 0 aliphatic heterocycles. The minimum Gasteiger partial charge on any atom is -0.495 e. The van der Waals surface area contributed by atoms with Crippen LogP contribution in [-0.4, -0.2) is 24.6 Å². The topological polar surface area (TPSA) is 73.6 Å². The van der Waals surface area contributed by atoms with Gasteiger partial charge in [-0.2, -0.15) is 0 Å². The average Bonchev–Trinajstić information content (AvgIpc) is 3.43. The molecular formula is C26H22N2O4S. The van der Waals surface area contributed by atoms with E-state index in [9.17, 15) is 4.79 Å². The maximum atomic E-state index is 12.8. The van der Waals surface area contributed by atoms with Crippen LogP contribution in [0.1, 0.15) is 12.6 Å². The molecule has 0 radical (unpaired) electrons. The normalized spacial score (nSPS) is 11.1. The summed E-state index contributed by atoms with van der Waals surface area (Å²) < 4.78 is 17.2. The summed E-state index contributed by atoms with van der Waals surface area (Å²) in [7, 11) is 1.58. The summed E-state index contributed by atoms with van der Waals surface area (Å²) in [5.41, 5.74) is 3.66. The lowest BCUT2D eigenvalue weighted by molar-refractivity contribution is -0.115. The van der Waals surface area contributed by atoms with Crippen LogP contribution >= 0.6 is 11.3 Å². The van der Waals surface area contributed by atoms with Crippen LogP contribution in [0.3, 0.4) is 0 Å². The first kappa shape index (κ1) is 21.0. The number of methoxy groups -OCH3 is 1. The van der Waals surface area contributed by atoms with Gasteiger partial charge in [0.05, 0.1) is 37.1 Å². The molecule has 0 spiro atoms. The summed E-state index contributed by atoms with van der Waals surface area (Å²) in [6, 6.07) is 19.3. The minimum absolute atomic E-state index is 0.147. The van der Waals surface area contributed by atoms with Gasteiger partial charge in [0, 0.05) is 22.2 Å². The number of nitrogens with zero attached hydrogens (tertiary/aromatic N) is 1. The first-order valence-corrected chi connectivity index (χ1v) is 11.5. The molecule has 0 fully saturated rings. The fourth-order valence-electron chi connectivity index (χ4n) is 3.81. The summed E-state index contributed by atoms with van der Waals surface area (Å²) in [6.07, 6.45) is 0.147. The summed E-state index contributed by atoms with van der Waals surface area (Å²) in [4.78, 5) is 17.5. The van der Waals surface area contributed by atoms with Crippen LogP contribution in [0.25, 0.3) is 32.5 Å². The van der Waals surface area contributed by atoms with Crippen molar-refractivity contribution in [3.8, 4) is 22.1 Å². The predicted molar refractivity (Wildman–Crippen MR) is 131 cm³/mol. The Balaban J connectivity index is 1.37. The number of para-hydroxylation sites is 2. The van der Waals surface area contributed by atoms with Crippen molar-refractivity contribution in [3.05, 3.63) is 71.7 Å². The second kappa shape index (κ2) is 8.96. The van der Waals surface area contributed by atoms with Crippen molar-refractivity contribution in [3.63, 3.8) is 0 Å². The van der Waals surface area contributed by atoms with Crippen molar-refractivity contribution < 1.29 is 18.7 Å². The molecule has 166 valence electrons. The lowest BCUT2D eigenvalue weighted by atomic mass is 10.1. The van der Waals surface area contributed by atoms with Crippen molar-refractivity contribution in [2.24, 2.45) is 0 Å². The number of aromatic nitrogens is 1. The molecule has 0 saturated heterocycles. The highest BCUT2D eigenvalue weighted by Gasteiger charge is 2.16. The van der Waals surface area contributed by atoms with Crippen LogP contribution < -0.4 is 14.8 Å². The van der Waals surface area contributed by atoms with Gasteiger partial charge in [-0.05, 0) is 31.2 Å². The zero-order valence-corrected chi connectivity index (χ0v) is 19.1. The largest absolute Gasteiger partial charge is 0.495 e. The lowest BCUT2D eigenvalue weighted by Crippen LogP contribution is -2.15. The third-order valence-corrected chi connectivity index (χ3v) is 6.21. The quantitative estimate of drug-likeness (QED) is 0.310. The maximum Gasteiger partial charge on any atom is 0.230 e. The molecule has 0 aliphatic rings. The van der Waals surface area contributed by atoms with Gasteiger partial charge in [-0.3, -0.25) is 4.79 Å². The Hall–Kier alpha value is -3.84. The number of anilines is 1. The number of ether oxygens (including phenoxy) is 2. The number of carbonyl (C=O) groups excluding carboxylic acids is 1. The number of amides is 1. The number of thiazole rings is 1. The highest BCUT2D eigenvalue weighted by Crippen LogP contribution is 2.36. The van der Waals surface area contributed by atoms with E-state index in [4.69, 9.17) is 13.9 Å². The molecule has 0 saturated carbocycles. The maximum absolute atomic E-state index is 12.8. The van der Waals surface area contributed by atoms with E-state index in [1.807, 2.05) is 66.9 Å². The number of benzene rings is 3. The fraction of sp³-hybridized carbons (Fsp3) is 0.154. The smallest absolute Gasteiger partial charge is 0.230 e. The zero-order chi connectivity index (χ0) is 22.8. The van der Waals surface area contributed by atoms with Crippen molar-refractivity contribution in [1.82, 2.24) is 4.98 Å². The Kier molecular flexibility index (Phi) is 5.71. The summed E-state index contributed by atoms with van der Waals surface area (Å²) >= 11 is 1.49. The zero-order valence-electron chi connectivity index (χ0n) is 18.3. The number of rotatable bonds is 7. The highest BCUT2D eigenvalue weighted by atomic mass is 32.1. The molecule has 6 nitrogen and oxygen atoms in total. The molecular weight excluding hydrogens is 436 g/mol. The SMILES string of the molecule is CCOc1ccccc1-c1nc(CC(=O)Nc2cc3oc4ccccc4c3cc2OC)cs1. The monoisotopic (exact) mass is 458 g/mol. The van der Waals surface area contributed by atoms with Gasteiger partial charge >= 0.3 is 0 Å². The van der Waals surface area contributed by atoms with Crippen molar-refractivity contribution >= 4 is 44.9 Å². The Morgan fingerprint density at radius 3 is 2.70 bits per heavy atom. The molecule has 2 heterocycles. The summed E-state index contributed by atoms with van der Waals surface area (Å²) in [5.74, 6) is 1.18. The number of hydrogen-bond donors (Lipinski definition) is 1. The molecule has 0 aliphatic carbocycles.